The molecule has 1 heterocycles. The molecular weight excluding hydrogens is 506 g/mol. The van der Waals surface area contributed by atoms with Crippen molar-refractivity contribution in [3.63, 3.8) is 0 Å². The maximum absolute atomic E-state index is 12.5. The van der Waals surface area contributed by atoms with Crippen molar-refractivity contribution in [3.05, 3.63) is 72.3 Å². The lowest BCUT2D eigenvalue weighted by molar-refractivity contribution is -0.118. The number of hydrogen-bond acceptors (Lipinski definition) is 9. The van der Waals surface area contributed by atoms with Gasteiger partial charge in [-0.3, -0.25) is 9.36 Å². The van der Waals surface area contributed by atoms with Crippen molar-refractivity contribution in [2.75, 3.05) is 34.2 Å². The summed E-state index contributed by atoms with van der Waals surface area (Å²) in [4.78, 5) is 12.5. The largest absolute Gasteiger partial charge is 0.497 e. The number of methoxy groups -OCH3 is 4. The average molecular weight is 534 g/mol. The number of para-hydroxylation sites is 1. The van der Waals surface area contributed by atoms with Gasteiger partial charge in [-0.05, 0) is 54.1 Å². The number of hydrazone groups is 1. The molecule has 11 heteroatoms. The normalized spacial score (nSPS) is 10.8. The van der Waals surface area contributed by atoms with E-state index >= 15 is 0 Å². The monoisotopic (exact) mass is 533 g/mol. The second kappa shape index (κ2) is 12.6. The van der Waals surface area contributed by atoms with Crippen LogP contribution in [0.3, 0.4) is 0 Å². The molecule has 0 atom stereocenters. The molecule has 38 heavy (non-hydrogen) atoms. The van der Waals surface area contributed by atoms with Crippen molar-refractivity contribution in [1.82, 2.24) is 20.2 Å². The van der Waals surface area contributed by atoms with Crippen LogP contribution in [0.4, 0.5) is 0 Å². The number of thioether (sulfide) groups is 1. The fourth-order valence-corrected chi connectivity index (χ4v) is 4.35. The van der Waals surface area contributed by atoms with Crippen LogP contribution >= 0.6 is 11.8 Å². The highest BCUT2D eigenvalue weighted by atomic mass is 32.2. The van der Waals surface area contributed by atoms with Gasteiger partial charge in [0.05, 0.1) is 40.4 Å². The lowest BCUT2D eigenvalue weighted by Crippen LogP contribution is -2.20. The molecule has 10 nitrogen and oxygen atoms in total. The summed E-state index contributed by atoms with van der Waals surface area (Å²) in [5, 5.41) is 13.4. The number of carbonyl (C=O) groups is 1. The van der Waals surface area contributed by atoms with Crippen LogP contribution in [0.15, 0.2) is 77.0 Å². The molecule has 4 rings (SSSR count). The molecular formula is C27H27N5O5S. The van der Waals surface area contributed by atoms with Gasteiger partial charge in [0.1, 0.15) is 5.75 Å². The second-order valence-corrected chi connectivity index (χ2v) is 8.69. The maximum atomic E-state index is 12.5. The van der Waals surface area contributed by atoms with E-state index in [-0.39, 0.29) is 11.7 Å². The summed E-state index contributed by atoms with van der Waals surface area (Å²) in [6.07, 6.45) is 1.57. The topological polar surface area (TPSA) is 109 Å². The minimum absolute atomic E-state index is 0.0835. The summed E-state index contributed by atoms with van der Waals surface area (Å²) >= 11 is 1.24. The Bertz CT molecular complexity index is 1380. The van der Waals surface area contributed by atoms with E-state index in [2.05, 4.69) is 20.7 Å². The number of nitrogens with zero attached hydrogens (tertiary/aromatic N) is 4. The molecule has 0 aliphatic rings. The van der Waals surface area contributed by atoms with Gasteiger partial charge in [-0.2, -0.15) is 5.10 Å². The molecule has 196 valence electrons. The first kappa shape index (κ1) is 26.6. The number of rotatable bonds is 11. The lowest BCUT2D eigenvalue weighted by Gasteiger charge is -2.15. The zero-order valence-corrected chi connectivity index (χ0v) is 22.2. The van der Waals surface area contributed by atoms with Crippen LogP contribution in [0.1, 0.15) is 5.56 Å². The Kier molecular flexibility index (Phi) is 8.83. The summed E-state index contributed by atoms with van der Waals surface area (Å²) in [5.41, 5.74) is 4.92. The Labute approximate surface area is 224 Å². The Balaban J connectivity index is 1.56. The van der Waals surface area contributed by atoms with Crippen molar-refractivity contribution in [2.24, 2.45) is 5.10 Å². The molecule has 0 aliphatic carbocycles. The van der Waals surface area contributed by atoms with Crippen molar-refractivity contribution in [2.45, 2.75) is 5.16 Å². The van der Waals surface area contributed by atoms with Crippen molar-refractivity contribution < 1.29 is 23.7 Å². The van der Waals surface area contributed by atoms with Gasteiger partial charge in [0, 0.05) is 11.3 Å². The number of aromatic nitrogens is 3. The predicted molar refractivity (Wildman–Crippen MR) is 146 cm³/mol. The first-order chi connectivity index (χ1) is 18.6. The van der Waals surface area contributed by atoms with Crippen LogP contribution in [0.2, 0.25) is 0 Å². The molecule has 1 N–H and O–H groups in total. The molecule has 1 aromatic heterocycles. The zero-order valence-electron chi connectivity index (χ0n) is 21.4. The van der Waals surface area contributed by atoms with Gasteiger partial charge in [-0.25, -0.2) is 5.43 Å². The minimum Gasteiger partial charge on any atom is -0.497 e. The maximum Gasteiger partial charge on any atom is 0.250 e. The Morgan fingerprint density at radius 3 is 2.21 bits per heavy atom. The van der Waals surface area contributed by atoms with Crippen LogP contribution in [0, 0.1) is 0 Å². The quantitative estimate of drug-likeness (QED) is 0.174. The highest BCUT2D eigenvalue weighted by Crippen LogP contribution is 2.41. The molecule has 0 spiro atoms. The number of carbonyl (C=O) groups excluding carboxylic acids is 1. The summed E-state index contributed by atoms with van der Waals surface area (Å²) < 4.78 is 23.5. The van der Waals surface area contributed by atoms with E-state index in [0.29, 0.717) is 33.8 Å². The fourth-order valence-electron chi connectivity index (χ4n) is 3.60. The number of nitrogens with one attached hydrogen (secondary N) is 1. The summed E-state index contributed by atoms with van der Waals surface area (Å²) in [6.45, 7) is 0. The number of amides is 1. The van der Waals surface area contributed by atoms with Crippen LogP contribution in [0.5, 0.6) is 23.0 Å². The first-order valence-corrected chi connectivity index (χ1v) is 12.5. The number of hydrogen-bond donors (Lipinski definition) is 1. The van der Waals surface area contributed by atoms with Gasteiger partial charge in [0.15, 0.2) is 22.5 Å². The number of benzene rings is 3. The SMILES string of the molecule is COc1ccc(/C=N\NC(=O)CSc2nnc(-c3cc(OC)c(OC)c(OC)c3)n2-c2ccccc2)cc1. The van der Waals surface area contributed by atoms with E-state index in [1.165, 1.54) is 11.8 Å². The van der Waals surface area contributed by atoms with Gasteiger partial charge in [0.2, 0.25) is 5.75 Å². The first-order valence-electron chi connectivity index (χ1n) is 11.5. The van der Waals surface area contributed by atoms with Gasteiger partial charge >= 0.3 is 0 Å². The van der Waals surface area contributed by atoms with Crippen LogP contribution in [0.25, 0.3) is 17.1 Å². The summed E-state index contributed by atoms with van der Waals surface area (Å²) in [6, 6.07) is 20.6. The molecule has 0 aliphatic heterocycles. The van der Waals surface area contributed by atoms with E-state index in [4.69, 9.17) is 18.9 Å². The van der Waals surface area contributed by atoms with Gasteiger partial charge in [-0.1, -0.05) is 30.0 Å². The molecule has 0 unspecified atom stereocenters. The van der Waals surface area contributed by atoms with E-state index in [9.17, 15) is 4.79 Å². The standard InChI is InChI=1S/C27H27N5O5S/c1-34-21-12-10-18(11-13-21)16-28-29-24(33)17-38-27-31-30-26(32(27)20-8-6-5-7-9-20)19-14-22(35-2)25(37-4)23(15-19)36-3/h5-16H,17H2,1-4H3,(H,29,33)/b28-16-. The van der Waals surface area contributed by atoms with Gasteiger partial charge in [-0.15, -0.1) is 10.2 Å². The smallest absolute Gasteiger partial charge is 0.250 e. The zero-order chi connectivity index (χ0) is 26.9. The van der Waals surface area contributed by atoms with E-state index in [1.807, 2.05) is 59.2 Å². The van der Waals surface area contributed by atoms with Gasteiger partial charge < -0.3 is 18.9 Å². The second-order valence-electron chi connectivity index (χ2n) is 7.75. The van der Waals surface area contributed by atoms with Crippen LogP contribution in [-0.2, 0) is 4.79 Å². The van der Waals surface area contributed by atoms with E-state index in [0.717, 1.165) is 17.0 Å². The van der Waals surface area contributed by atoms with Crippen molar-refractivity contribution in [1.29, 1.82) is 0 Å². The molecule has 0 bridgehead atoms. The molecule has 0 saturated heterocycles. The predicted octanol–water partition coefficient (Wildman–Crippen LogP) is 4.21. The molecule has 0 saturated carbocycles. The summed E-state index contributed by atoms with van der Waals surface area (Å²) in [7, 11) is 6.26. The minimum atomic E-state index is -0.281. The molecule has 0 fully saturated rings. The molecule has 0 radical (unpaired) electrons. The average Bonchev–Trinajstić information content (AvgIpc) is 3.40. The Morgan fingerprint density at radius 1 is 0.921 bits per heavy atom. The Morgan fingerprint density at radius 2 is 1.61 bits per heavy atom. The lowest BCUT2D eigenvalue weighted by atomic mass is 10.1. The highest BCUT2D eigenvalue weighted by Gasteiger charge is 2.21. The third-order valence-corrected chi connectivity index (χ3v) is 6.35. The third kappa shape index (κ3) is 6.06. The molecule has 4 aromatic rings. The van der Waals surface area contributed by atoms with E-state index < -0.39 is 0 Å². The third-order valence-electron chi connectivity index (χ3n) is 5.42. The van der Waals surface area contributed by atoms with Crippen LogP contribution < -0.4 is 24.4 Å². The fraction of sp³-hybridized carbons (Fsp3) is 0.185. The summed E-state index contributed by atoms with van der Waals surface area (Å²) in [5.74, 6) is 2.57. The number of ether oxygens (including phenoxy) is 4. The van der Waals surface area contributed by atoms with Crippen LogP contribution in [-0.4, -0.2) is 61.1 Å². The highest BCUT2D eigenvalue weighted by molar-refractivity contribution is 7.99. The Hall–Kier alpha value is -4.51. The molecule has 1 amide bonds. The molecule has 3 aromatic carbocycles. The van der Waals surface area contributed by atoms with Crippen molar-refractivity contribution >= 4 is 23.9 Å². The van der Waals surface area contributed by atoms with Crippen molar-refractivity contribution in [3.8, 4) is 40.1 Å². The van der Waals surface area contributed by atoms with Gasteiger partial charge in [0.25, 0.3) is 5.91 Å². The van der Waals surface area contributed by atoms with E-state index in [1.54, 1.807) is 46.8 Å².